The molecule has 0 unspecified atom stereocenters. The molecule has 0 spiro atoms. The fourth-order valence-electron chi connectivity index (χ4n) is 4.04. The van der Waals surface area contributed by atoms with Crippen molar-refractivity contribution in [1.82, 2.24) is 20.0 Å². The Bertz CT molecular complexity index is 716. The van der Waals surface area contributed by atoms with Crippen molar-refractivity contribution >= 4 is 18.3 Å². The number of aromatic nitrogens is 2. The topological polar surface area (TPSA) is 50.2 Å². The van der Waals surface area contributed by atoms with Crippen molar-refractivity contribution in [2.24, 2.45) is 11.8 Å². The molecule has 5 nitrogen and oxygen atoms in total. The number of hydrogen-bond donors (Lipinski definition) is 1. The molecule has 1 aromatic carbocycles. The lowest BCUT2D eigenvalue weighted by atomic mass is 9.92. The Morgan fingerprint density at radius 1 is 1.12 bits per heavy atom. The van der Waals surface area contributed by atoms with Crippen molar-refractivity contribution < 1.29 is 4.79 Å². The summed E-state index contributed by atoms with van der Waals surface area (Å²) in [4.78, 5) is 15.0. The van der Waals surface area contributed by atoms with E-state index in [1.165, 1.54) is 0 Å². The number of para-hydroxylation sites is 1. The number of nitrogens with zero attached hydrogens (tertiary/aromatic N) is 3. The van der Waals surface area contributed by atoms with Gasteiger partial charge in [0.25, 0.3) is 5.91 Å². The number of benzene rings is 1. The van der Waals surface area contributed by atoms with Gasteiger partial charge in [0.15, 0.2) is 0 Å². The first kappa shape index (κ1) is 18.0. The zero-order chi connectivity index (χ0) is 16.5. The predicted molar refractivity (Wildman–Crippen MR) is 101 cm³/mol. The van der Waals surface area contributed by atoms with E-state index >= 15 is 0 Å². The zero-order valence-corrected chi connectivity index (χ0v) is 15.3. The van der Waals surface area contributed by atoms with Gasteiger partial charge in [0.1, 0.15) is 0 Å². The van der Waals surface area contributed by atoms with Gasteiger partial charge < -0.3 is 10.2 Å². The van der Waals surface area contributed by atoms with Crippen LogP contribution in [0.1, 0.15) is 28.9 Å². The lowest BCUT2D eigenvalue weighted by Crippen LogP contribution is -2.33. The number of fused-ring (bicyclic) bond motifs is 1. The van der Waals surface area contributed by atoms with Gasteiger partial charge in [-0.3, -0.25) is 4.79 Å². The normalized spacial score (nSPS) is 22.8. The van der Waals surface area contributed by atoms with Crippen molar-refractivity contribution in [2.45, 2.75) is 19.8 Å². The number of carbonyl (C=O) groups excluding carboxylic acids is 1. The second-order valence-electron chi connectivity index (χ2n) is 6.94. The van der Waals surface area contributed by atoms with Gasteiger partial charge >= 0.3 is 0 Å². The molecule has 1 amide bonds. The van der Waals surface area contributed by atoms with Crippen LogP contribution in [0.4, 0.5) is 0 Å². The number of nitrogens with one attached hydrogen (secondary N) is 1. The Morgan fingerprint density at radius 2 is 1.76 bits per heavy atom. The standard InChI is InChI=1S/C19H24N4O.ClH/c1-14-18(13-21-23(14)17-5-3-2-4-6-17)19(24)22-9-7-15-11-20-12-16(15)8-10-22;/h2-6,13,15-16,20H,7-12H2,1H3;1H/t15-,16+;. The van der Waals surface area contributed by atoms with Crippen molar-refractivity contribution in [3.05, 3.63) is 47.8 Å². The maximum absolute atomic E-state index is 13.0. The molecule has 6 heteroatoms. The average Bonchev–Trinajstić information content (AvgIpc) is 3.16. The molecule has 134 valence electrons. The minimum atomic E-state index is 0. The zero-order valence-electron chi connectivity index (χ0n) is 14.5. The number of likely N-dealkylation sites (tertiary alicyclic amines) is 1. The molecule has 2 aromatic rings. The second-order valence-corrected chi connectivity index (χ2v) is 6.94. The van der Waals surface area contributed by atoms with E-state index in [0.717, 1.165) is 67.8 Å². The highest BCUT2D eigenvalue weighted by Crippen LogP contribution is 2.28. The molecule has 0 radical (unpaired) electrons. The molecular formula is C19H25ClN4O. The Labute approximate surface area is 154 Å². The van der Waals surface area contributed by atoms with Gasteiger partial charge in [-0.25, -0.2) is 4.68 Å². The molecule has 2 atom stereocenters. The molecule has 2 fully saturated rings. The fourth-order valence-corrected chi connectivity index (χ4v) is 4.04. The minimum absolute atomic E-state index is 0. The fraction of sp³-hybridized carbons (Fsp3) is 0.474. The Kier molecular flexibility index (Phi) is 5.45. The second kappa shape index (κ2) is 7.58. The molecule has 1 N–H and O–H groups in total. The van der Waals surface area contributed by atoms with Crippen LogP contribution in [0, 0.1) is 18.8 Å². The van der Waals surface area contributed by atoms with E-state index in [1.54, 1.807) is 6.20 Å². The van der Waals surface area contributed by atoms with Gasteiger partial charge in [0, 0.05) is 13.1 Å². The van der Waals surface area contributed by atoms with E-state index in [0.29, 0.717) is 0 Å². The molecule has 2 aliphatic heterocycles. The van der Waals surface area contributed by atoms with Crippen LogP contribution in [0.2, 0.25) is 0 Å². The number of rotatable bonds is 2. The Balaban J connectivity index is 0.00000182. The molecule has 4 rings (SSSR count). The largest absolute Gasteiger partial charge is 0.339 e. The first-order valence-corrected chi connectivity index (χ1v) is 8.84. The van der Waals surface area contributed by atoms with Crippen LogP contribution in [0.3, 0.4) is 0 Å². The van der Waals surface area contributed by atoms with E-state index < -0.39 is 0 Å². The molecule has 1 aromatic heterocycles. The van der Waals surface area contributed by atoms with Crippen LogP contribution in [0.5, 0.6) is 0 Å². The lowest BCUT2D eigenvalue weighted by molar-refractivity contribution is 0.0758. The number of hydrogen-bond acceptors (Lipinski definition) is 3. The van der Waals surface area contributed by atoms with Crippen LogP contribution in [-0.4, -0.2) is 46.8 Å². The summed E-state index contributed by atoms with van der Waals surface area (Å²) in [6.45, 7) is 5.91. The van der Waals surface area contributed by atoms with Gasteiger partial charge in [-0.1, -0.05) is 18.2 Å². The summed E-state index contributed by atoms with van der Waals surface area (Å²) in [5.74, 6) is 1.59. The third-order valence-electron chi connectivity index (χ3n) is 5.55. The van der Waals surface area contributed by atoms with E-state index in [4.69, 9.17) is 0 Å². The number of amides is 1. The minimum Gasteiger partial charge on any atom is -0.339 e. The summed E-state index contributed by atoms with van der Waals surface area (Å²) in [5, 5.41) is 7.92. The highest BCUT2D eigenvalue weighted by molar-refractivity contribution is 5.95. The summed E-state index contributed by atoms with van der Waals surface area (Å²) in [6.07, 6.45) is 3.93. The summed E-state index contributed by atoms with van der Waals surface area (Å²) in [7, 11) is 0. The van der Waals surface area contributed by atoms with Crippen LogP contribution < -0.4 is 5.32 Å². The summed E-state index contributed by atoms with van der Waals surface area (Å²) in [5.41, 5.74) is 2.63. The quantitative estimate of drug-likeness (QED) is 0.895. The van der Waals surface area contributed by atoms with Crippen LogP contribution in [0.15, 0.2) is 36.5 Å². The monoisotopic (exact) mass is 360 g/mol. The third-order valence-corrected chi connectivity index (χ3v) is 5.55. The number of halogens is 1. The molecule has 2 saturated heterocycles. The predicted octanol–water partition coefficient (Wildman–Crippen LogP) is 2.67. The van der Waals surface area contributed by atoms with E-state index in [9.17, 15) is 4.79 Å². The van der Waals surface area contributed by atoms with Gasteiger partial charge in [-0.05, 0) is 56.8 Å². The third kappa shape index (κ3) is 3.44. The average molecular weight is 361 g/mol. The number of carbonyl (C=O) groups is 1. The lowest BCUT2D eigenvalue weighted by Gasteiger charge is -2.20. The van der Waals surface area contributed by atoms with E-state index in [1.807, 2.05) is 46.8 Å². The molecule has 3 heterocycles. The van der Waals surface area contributed by atoms with Crippen LogP contribution >= 0.6 is 12.4 Å². The summed E-state index contributed by atoms with van der Waals surface area (Å²) in [6, 6.07) is 9.97. The van der Waals surface area contributed by atoms with Crippen molar-refractivity contribution in [3.8, 4) is 5.69 Å². The first-order chi connectivity index (χ1) is 11.7. The van der Waals surface area contributed by atoms with Crippen LogP contribution in [0.25, 0.3) is 5.69 Å². The maximum Gasteiger partial charge on any atom is 0.257 e. The molecular weight excluding hydrogens is 336 g/mol. The van der Waals surface area contributed by atoms with Gasteiger partial charge in [0.05, 0.1) is 23.1 Å². The van der Waals surface area contributed by atoms with Crippen molar-refractivity contribution in [3.63, 3.8) is 0 Å². The first-order valence-electron chi connectivity index (χ1n) is 8.84. The smallest absolute Gasteiger partial charge is 0.257 e. The summed E-state index contributed by atoms with van der Waals surface area (Å²) < 4.78 is 1.85. The maximum atomic E-state index is 13.0. The SMILES string of the molecule is Cc1c(C(=O)N2CC[C@@H]3CNC[C@@H]3CC2)cnn1-c1ccccc1.Cl. The molecule has 0 bridgehead atoms. The molecule has 0 aliphatic carbocycles. The van der Waals surface area contributed by atoms with Crippen molar-refractivity contribution in [1.29, 1.82) is 0 Å². The summed E-state index contributed by atoms with van der Waals surface area (Å²) >= 11 is 0. The highest BCUT2D eigenvalue weighted by Gasteiger charge is 2.32. The van der Waals surface area contributed by atoms with Crippen molar-refractivity contribution in [2.75, 3.05) is 26.2 Å². The Hall–Kier alpha value is -1.85. The molecule has 25 heavy (non-hydrogen) atoms. The molecule has 0 saturated carbocycles. The van der Waals surface area contributed by atoms with Crippen LogP contribution in [-0.2, 0) is 0 Å². The van der Waals surface area contributed by atoms with Gasteiger partial charge in [-0.15, -0.1) is 12.4 Å². The molecule has 2 aliphatic rings. The van der Waals surface area contributed by atoms with Gasteiger partial charge in [0.2, 0.25) is 0 Å². The highest BCUT2D eigenvalue weighted by atomic mass is 35.5. The van der Waals surface area contributed by atoms with E-state index in [2.05, 4.69) is 10.4 Å². The Morgan fingerprint density at radius 3 is 2.40 bits per heavy atom. The van der Waals surface area contributed by atoms with E-state index in [-0.39, 0.29) is 18.3 Å². The van der Waals surface area contributed by atoms with Gasteiger partial charge in [-0.2, -0.15) is 5.10 Å².